The van der Waals surface area contributed by atoms with Crippen LogP contribution in [0.25, 0.3) is 0 Å². The van der Waals surface area contributed by atoms with Crippen LogP contribution in [0.3, 0.4) is 0 Å². The van der Waals surface area contributed by atoms with Crippen LogP contribution in [0.1, 0.15) is 60.0 Å². The number of aromatic amines is 1. The summed E-state index contributed by atoms with van der Waals surface area (Å²) in [5.41, 5.74) is 4.25. The number of sulfonamides is 1. The molecular weight excluding hydrogens is 452 g/mol. The van der Waals surface area contributed by atoms with Gasteiger partial charge in [-0.15, -0.1) is 0 Å². The normalized spacial score (nSPS) is 16.3. The van der Waals surface area contributed by atoms with Gasteiger partial charge < -0.3 is 5.32 Å². The lowest BCUT2D eigenvalue weighted by molar-refractivity contribution is 0.102. The number of carbonyl (C=O) groups is 1. The Morgan fingerprint density at radius 3 is 2.74 bits per heavy atom. The molecule has 1 aliphatic rings. The van der Waals surface area contributed by atoms with Gasteiger partial charge in [0, 0.05) is 31.0 Å². The Morgan fingerprint density at radius 2 is 2.03 bits per heavy atom. The standard InChI is InChI=1S/C24H32N6O3S/c1-24(2)12-10-19-20(14-24)27-28-22(19)23(31)26-18-15-25-30(16-18)21(17-8-6-5-7-9-17)11-13-29(3)34(4,32)33/h5-9,15-16,21H,10-14H2,1-4H3,(H,26,31)(H,27,28). The van der Waals surface area contributed by atoms with Gasteiger partial charge in [0.25, 0.3) is 5.91 Å². The summed E-state index contributed by atoms with van der Waals surface area (Å²) >= 11 is 0. The van der Waals surface area contributed by atoms with Crippen molar-refractivity contribution in [3.63, 3.8) is 0 Å². The van der Waals surface area contributed by atoms with Crippen LogP contribution in [0.5, 0.6) is 0 Å². The zero-order chi connectivity index (χ0) is 24.5. The quantitative estimate of drug-likeness (QED) is 0.510. The number of benzene rings is 1. The monoisotopic (exact) mass is 484 g/mol. The van der Waals surface area contributed by atoms with Crippen molar-refractivity contribution in [2.24, 2.45) is 5.41 Å². The van der Waals surface area contributed by atoms with E-state index in [1.807, 2.05) is 30.3 Å². The van der Waals surface area contributed by atoms with Gasteiger partial charge in [-0.05, 0) is 36.7 Å². The predicted octanol–water partition coefficient (Wildman–Crippen LogP) is 3.24. The zero-order valence-electron chi connectivity index (χ0n) is 20.1. The van der Waals surface area contributed by atoms with Gasteiger partial charge in [-0.2, -0.15) is 10.2 Å². The second kappa shape index (κ2) is 9.34. The molecule has 0 saturated heterocycles. The van der Waals surface area contributed by atoms with Gasteiger partial charge in [-0.1, -0.05) is 44.2 Å². The summed E-state index contributed by atoms with van der Waals surface area (Å²) in [6.45, 7) is 4.79. The van der Waals surface area contributed by atoms with Gasteiger partial charge in [0.15, 0.2) is 5.69 Å². The number of hydrogen-bond donors (Lipinski definition) is 2. The average Bonchev–Trinajstić information content (AvgIpc) is 3.40. The molecule has 2 N–H and O–H groups in total. The number of carbonyl (C=O) groups excluding carboxylic acids is 1. The summed E-state index contributed by atoms with van der Waals surface area (Å²) in [5, 5.41) is 14.7. The van der Waals surface area contributed by atoms with Crippen LogP contribution in [-0.4, -0.2) is 58.5 Å². The first kappa shape index (κ1) is 24.2. The van der Waals surface area contributed by atoms with E-state index in [1.54, 1.807) is 24.1 Å². The molecule has 2 aromatic heterocycles. The molecule has 2 heterocycles. The second-order valence-corrected chi connectivity index (χ2v) is 11.9. The third-order valence-corrected chi connectivity index (χ3v) is 7.84. The van der Waals surface area contributed by atoms with Gasteiger partial charge in [0.05, 0.1) is 24.2 Å². The van der Waals surface area contributed by atoms with E-state index in [1.165, 1.54) is 10.6 Å². The maximum atomic E-state index is 13.0. The number of aromatic nitrogens is 4. The Bertz CT molecular complexity index is 1260. The van der Waals surface area contributed by atoms with Gasteiger partial charge in [-0.25, -0.2) is 12.7 Å². The summed E-state index contributed by atoms with van der Waals surface area (Å²) in [5.74, 6) is -0.259. The van der Waals surface area contributed by atoms with E-state index >= 15 is 0 Å². The van der Waals surface area contributed by atoms with E-state index in [0.717, 1.165) is 36.1 Å². The van der Waals surface area contributed by atoms with Crippen molar-refractivity contribution in [1.29, 1.82) is 0 Å². The fraction of sp³-hybridized carbons (Fsp3) is 0.458. The first-order valence-corrected chi connectivity index (χ1v) is 13.3. The first-order valence-electron chi connectivity index (χ1n) is 11.4. The summed E-state index contributed by atoms with van der Waals surface area (Å²) in [6, 6.07) is 9.61. The van der Waals surface area contributed by atoms with Crippen LogP contribution < -0.4 is 5.32 Å². The highest BCUT2D eigenvalue weighted by Gasteiger charge is 2.30. The Hall–Kier alpha value is -2.98. The minimum atomic E-state index is -3.28. The fourth-order valence-corrected chi connectivity index (χ4v) is 4.83. The zero-order valence-corrected chi connectivity index (χ0v) is 20.9. The van der Waals surface area contributed by atoms with Crippen molar-refractivity contribution in [1.82, 2.24) is 24.3 Å². The maximum absolute atomic E-state index is 13.0. The van der Waals surface area contributed by atoms with E-state index in [0.29, 0.717) is 24.3 Å². The molecule has 1 aromatic carbocycles. The van der Waals surface area contributed by atoms with Gasteiger partial charge in [-0.3, -0.25) is 14.6 Å². The van der Waals surface area contributed by atoms with E-state index in [2.05, 4.69) is 34.5 Å². The van der Waals surface area contributed by atoms with Crippen LogP contribution >= 0.6 is 0 Å². The molecule has 0 spiro atoms. The molecule has 10 heteroatoms. The molecular formula is C24H32N6O3S. The Morgan fingerprint density at radius 1 is 1.29 bits per heavy atom. The van der Waals surface area contributed by atoms with Crippen molar-refractivity contribution in [3.8, 4) is 0 Å². The lowest BCUT2D eigenvalue weighted by Gasteiger charge is -2.28. The van der Waals surface area contributed by atoms with Gasteiger partial charge in [0.1, 0.15) is 0 Å². The van der Waals surface area contributed by atoms with Crippen LogP contribution in [-0.2, 0) is 22.9 Å². The molecule has 1 unspecified atom stereocenters. The fourth-order valence-electron chi connectivity index (χ4n) is 4.40. The maximum Gasteiger partial charge on any atom is 0.276 e. The predicted molar refractivity (Wildman–Crippen MR) is 131 cm³/mol. The van der Waals surface area contributed by atoms with Crippen molar-refractivity contribution in [3.05, 3.63) is 65.2 Å². The van der Waals surface area contributed by atoms with Crippen molar-refractivity contribution >= 4 is 21.6 Å². The van der Waals surface area contributed by atoms with Crippen molar-refractivity contribution in [2.75, 3.05) is 25.2 Å². The summed E-state index contributed by atoms with van der Waals surface area (Å²) in [7, 11) is -1.71. The minimum Gasteiger partial charge on any atom is -0.318 e. The lowest BCUT2D eigenvalue weighted by Crippen LogP contribution is -2.28. The van der Waals surface area contributed by atoms with Crippen molar-refractivity contribution < 1.29 is 13.2 Å². The molecule has 1 amide bonds. The largest absolute Gasteiger partial charge is 0.318 e. The molecule has 182 valence electrons. The van der Waals surface area contributed by atoms with Gasteiger partial charge >= 0.3 is 0 Å². The van der Waals surface area contributed by atoms with E-state index in [4.69, 9.17) is 0 Å². The first-order chi connectivity index (χ1) is 16.0. The number of rotatable bonds is 8. The third kappa shape index (κ3) is 5.39. The van der Waals surface area contributed by atoms with Crippen LogP contribution in [0.15, 0.2) is 42.7 Å². The number of amides is 1. The van der Waals surface area contributed by atoms with E-state index < -0.39 is 10.0 Å². The molecule has 1 atom stereocenters. The molecule has 0 bridgehead atoms. The minimum absolute atomic E-state index is 0.184. The topological polar surface area (TPSA) is 113 Å². The molecule has 34 heavy (non-hydrogen) atoms. The SMILES string of the molecule is CN(CCC(c1ccccc1)n1cc(NC(=O)c2n[nH]c3c2CCC(C)(C)C3)cn1)S(C)(=O)=O. The third-order valence-electron chi connectivity index (χ3n) is 6.52. The van der Waals surface area contributed by atoms with Crippen LogP contribution in [0.2, 0.25) is 0 Å². The van der Waals surface area contributed by atoms with E-state index in [-0.39, 0.29) is 17.4 Å². The molecule has 0 radical (unpaired) electrons. The molecule has 0 aliphatic heterocycles. The number of fused-ring (bicyclic) bond motifs is 1. The smallest absolute Gasteiger partial charge is 0.276 e. The molecule has 0 saturated carbocycles. The number of anilines is 1. The Balaban J connectivity index is 1.51. The molecule has 9 nitrogen and oxygen atoms in total. The highest BCUT2D eigenvalue weighted by atomic mass is 32.2. The summed E-state index contributed by atoms with van der Waals surface area (Å²) in [6.07, 6.45) is 7.82. The number of hydrogen-bond acceptors (Lipinski definition) is 5. The summed E-state index contributed by atoms with van der Waals surface area (Å²) in [4.78, 5) is 13.0. The number of nitrogens with zero attached hydrogens (tertiary/aromatic N) is 4. The Labute approximate surface area is 200 Å². The lowest BCUT2D eigenvalue weighted by atomic mass is 9.76. The van der Waals surface area contributed by atoms with Crippen LogP contribution in [0, 0.1) is 5.41 Å². The van der Waals surface area contributed by atoms with Gasteiger partial charge in [0.2, 0.25) is 10.0 Å². The number of H-pyrrole nitrogens is 1. The molecule has 4 rings (SSSR count). The molecule has 3 aromatic rings. The van der Waals surface area contributed by atoms with Crippen LogP contribution in [0.4, 0.5) is 5.69 Å². The molecule has 1 aliphatic carbocycles. The van der Waals surface area contributed by atoms with E-state index in [9.17, 15) is 13.2 Å². The number of nitrogens with one attached hydrogen (secondary N) is 2. The highest BCUT2D eigenvalue weighted by molar-refractivity contribution is 7.88. The highest BCUT2D eigenvalue weighted by Crippen LogP contribution is 2.35. The second-order valence-electron chi connectivity index (χ2n) is 9.83. The van der Waals surface area contributed by atoms with Crippen molar-refractivity contribution in [2.45, 2.75) is 45.6 Å². The Kier molecular flexibility index (Phi) is 6.64. The summed E-state index contributed by atoms with van der Waals surface area (Å²) < 4.78 is 26.8. The average molecular weight is 485 g/mol. The molecule has 0 fully saturated rings.